The standard InChI is InChI=1S/C10H15NO4S2/c12-6-9-3-4-10(15-9)17(13,14)11-8-2-1-5-16-7-8/h3-4,8,11-12H,1-2,5-7H2. The number of rotatable bonds is 4. The van der Waals surface area contributed by atoms with Crippen LogP contribution in [0.3, 0.4) is 0 Å². The molecule has 5 nitrogen and oxygen atoms in total. The zero-order chi connectivity index (χ0) is 12.3. The molecule has 2 rings (SSSR count). The van der Waals surface area contributed by atoms with E-state index in [0.717, 1.165) is 24.3 Å². The van der Waals surface area contributed by atoms with Crippen LogP contribution in [0.1, 0.15) is 18.6 Å². The lowest BCUT2D eigenvalue weighted by atomic mass is 10.2. The Morgan fingerprint density at radius 1 is 1.53 bits per heavy atom. The molecule has 7 heteroatoms. The van der Waals surface area contributed by atoms with Crippen LogP contribution in [0.4, 0.5) is 0 Å². The third kappa shape index (κ3) is 3.25. The van der Waals surface area contributed by atoms with Gasteiger partial charge in [0.25, 0.3) is 10.0 Å². The van der Waals surface area contributed by atoms with E-state index >= 15 is 0 Å². The topological polar surface area (TPSA) is 79.5 Å². The Labute approximate surface area is 105 Å². The highest BCUT2D eigenvalue weighted by Gasteiger charge is 2.24. The fourth-order valence-electron chi connectivity index (χ4n) is 1.70. The highest BCUT2D eigenvalue weighted by atomic mass is 32.2. The van der Waals surface area contributed by atoms with Crippen molar-refractivity contribution < 1.29 is 17.9 Å². The van der Waals surface area contributed by atoms with Crippen molar-refractivity contribution >= 4 is 21.8 Å². The Morgan fingerprint density at radius 2 is 2.35 bits per heavy atom. The molecular weight excluding hydrogens is 262 g/mol. The molecule has 1 aromatic rings. The average Bonchev–Trinajstić information content (AvgIpc) is 2.79. The zero-order valence-electron chi connectivity index (χ0n) is 9.26. The lowest BCUT2D eigenvalue weighted by Crippen LogP contribution is -2.38. The number of hydrogen-bond donors (Lipinski definition) is 2. The summed E-state index contributed by atoms with van der Waals surface area (Å²) in [7, 11) is -3.59. The van der Waals surface area contributed by atoms with Gasteiger partial charge in [0, 0.05) is 11.8 Å². The minimum Gasteiger partial charge on any atom is -0.446 e. The molecule has 0 amide bonds. The van der Waals surface area contributed by atoms with Gasteiger partial charge in [0.1, 0.15) is 12.4 Å². The van der Waals surface area contributed by atoms with Gasteiger partial charge in [-0.1, -0.05) is 0 Å². The molecule has 1 aromatic heterocycles. The van der Waals surface area contributed by atoms with E-state index in [-0.39, 0.29) is 23.5 Å². The molecular formula is C10H15NO4S2. The van der Waals surface area contributed by atoms with Gasteiger partial charge in [0.15, 0.2) is 0 Å². The van der Waals surface area contributed by atoms with Crippen LogP contribution in [-0.4, -0.2) is 31.1 Å². The van der Waals surface area contributed by atoms with Gasteiger partial charge in [-0.05, 0) is 30.7 Å². The highest BCUT2D eigenvalue weighted by molar-refractivity contribution is 7.99. The molecule has 1 aliphatic heterocycles. The number of sulfonamides is 1. The summed E-state index contributed by atoms with van der Waals surface area (Å²) in [6.07, 6.45) is 1.89. The minimum atomic E-state index is -3.59. The summed E-state index contributed by atoms with van der Waals surface area (Å²) in [6.45, 7) is -0.297. The third-order valence-electron chi connectivity index (χ3n) is 2.54. The van der Waals surface area contributed by atoms with Crippen LogP contribution < -0.4 is 4.72 Å². The monoisotopic (exact) mass is 277 g/mol. The molecule has 0 spiro atoms. The Hall–Kier alpha value is -0.500. The first kappa shape index (κ1) is 12.9. The smallest absolute Gasteiger partial charge is 0.274 e. The quantitative estimate of drug-likeness (QED) is 0.856. The van der Waals surface area contributed by atoms with E-state index in [1.165, 1.54) is 12.1 Å². The molecule has 1 atom stereocenters. The second-order valence-corrected chi connectivity index (χ2v) is 6.71. The predicted molar refractivity (Wildman–Crippen MR) is 65.3 cm³/mol. The SMILES string of the molecule is O=S(=O)(NC1CCCSC1)c1ccc(CO)o1. The molecule has 2 N–H and O–H groups in total. The summed E-state index contributed by atoms with van der Waals surface area (Å²) < 4.78 is 31.5. The Kier molecular flexibility index (Phi) is 4.13. The van der Waals surface area contributed by atoms with Crippen LogP contribution in [0.5, 0.6) is 0 Å². The fourth-order valence-corrected chi connectivity index (χ4v) is 4.10. The molecule has 1 saturated heterocycles. The number of hydrogen-bond acceptors (Lipinski definition) is 5. The molecule has 1 fully saturated rings. The van der Waals surface area contributed by atoms with E-state index in [1.807, 2.05) is 0 Å². The van der Waals surface area contributed by atoms with Crippen molar-refractivity contribution in [1.29, 1.82) is 0 Å². The van der Waals surface area contributed by atoms with Gasteiger partial charge in [-0.3, -0.25) is 0 Å². The summed E-state index contributed by atoms with van der Waals surface area (Å²) in [5.74, 6) is 2.14. The second-order valence-electron chi connectivity index (χ2n) is 3.91. The van der Waals surface area contributed by atoms with E-state index < -0.39 is 10.0 Å². The Morgan fingerprint density at radius 3 is 2.94 bits per heavy atom. The molecule has 0 radical (unpaired) electrons. The molecule has 2 heterocycles. The van der Waals surface area contributed by atoms with Gasteiger partial charge in [0.2, 0.25) is 5.09 Å². The molecule has 0 bridgehead atoms. The van der Waals surface area contributed by atoms with Crippen molar-refractivity contribution in [2.75, 3.05) is 11.5 Å². The van der Waals surface area contributed by atoms with Crippen LogP contribution in [0.25, 0.3) is 0 Å². The van der Waals surface area contributed by atoms with Crippen LogP contribution in [-0.2, 0) is 16.6 Å². The van der Waals surface area contributed by atoms with E-state index in [9.17, 15) is 8.42 Å². The van der Waals surface area contributed by atoms with Crippen molar-refractivity contribution in [3.63, 3.8) is 0 Å². The molecule has 1 unspecified atom stereocenters. The van der Waals surface area contributed by atoms with Crippen molar-refractivity contribution in [2.45, 2.75) is 30.6 Å². The Bertz CT molecular complexity index is 462. The van der Waals surface area contributed by atoms with Gasteiger partial charge >= 0.3 is 0 Å². The van der Waals surface area contributed by atoms with Crippen molar-refractivity contribution in [2.24, 2.45) is 0 Å². The van der Waals surface area contributed by atoms with Crippen molar-refractivity contribution in [3.8, 4) is 0 Å². The second kappa shape index (κ2) is 5.43. The first-order valence-corrected chi connectivity index (χ1v) is 8.05. The minimum absolute atomic E-state index is 0.0265. The molecule has 96 valence electrons. The third-order valence-corrected chi connectivity index (χ3v) is 5.15. The van der Waals surface area contributed by atoms with Gasteiger partial charge < -0.3 is 9.52 Å². The lowest BCUT2D eigenvalue weighted by molar-refractivity contribution is 0.236. The van der Waals surface area contributed by atoms with Crippen LogP contribution in [0.15, 0.2) is 21.6 Å². The summed E-state index contributed by atoms with van der Waals surface area (Å²) in [5.41, 5.74) is 0. The van der Waals surface area contributed by atoms with Gasteiger partial charge in [-0.25, -0.2) is 13.1 Å². The van der Waals surface area contributed by atoms with Gasteiger partial charge in [0.05, 0.1) is 0 Å². The maximum absolute atomic E-state index is 11.9. The van der Waals surface area contributed by atoms with Gasteiger partial charge in [-0.2, -0.15) is 11.8 Å². The van der Waals surface area contributed by atoms with Crippen molar-refractivity contribution in [1.82, 2.24) is 4.72 Å². The van der Waals surface area contributed by atoms with E-state index in [0.29, 0.717) is 0 Å². The van der Waals surface area contributed by atoms with E-state index in [1.54, 1.807) is 11.8 Å². The zero-order valence-corrected chi connectivity index (χ0v) is 10.9. The number of nitrogens with one attached hydrogen (secondary N) is 1. The lowest BCUT2D eigenvalue weighted by Gasteiger charge is -2.21. The maximum Gasteiger partial charge on any atom is 0.274 e. The van der Waals surface area contributed by atoms with Crippen LogP contribution >= 0.6 is 11.8 Å². The predicted octanol–water partition coefficient (Wildman–Crippen LogP) is 0.946. The molecule has 17 heavy (non-hydrogen) atoms. The van der Waals surface area contributed by atoms with E-state index in [2.05, 4.69) is 4.72 Å². The molecule has 0 aromatic carbocycles. The molecule has 1 aliphatic rings. The molecule has 0 saturated carbocycles. The summed E-state index contributed by atoms with van der Waals surface area (Å²) in [4.78, 5) is 0. The van der Waals surface area contributed by atoms with E-state index in [4.69, 9.17) is 9.52 Å². The first-order valence-electron chi connectivity index (χ1n) is 5.41. The number of aliphatic hydroxyl groups excluding tert-OH is 1. The summed E-state index contributed by atoms with van der Waals surface area (Å²) in [5, 5.41) is 8.70. The average molecular weight is 277 g/mol. The first-order chi connectivity index (χ1) is 8.12. The van der Waals surface area contributed by atoms with Crippen LogP contribution in [0, 0.1) is 0 Å². The van der Waals surface area contributed by atoms with Crippen molar-refractivity contribution in [3.05, 3.63) is 17.9 Å². The Balaban J connectivity index is 2.07. The normalized spacial score (nSPS) is 21.6. The molecule has 0 aliphatic carbocycles. The maximum atomic E-state index is 11.9. The summed E-state index contributed by atoms with van der Waals surface area (Å²) >= 11 is 1.75. The number of furan rings is 1. The number of thioether (sulfide) groups is 1. The largest absolute Gasteiger partial charge is 0.446 e. The fraction of sp³-hybridized carbons (Fsp3) is 0.600. The summed E-state index contributed by atoms with van der Waals surface area (Å²) in [6, 6.07) is 2.80. The van der Waals surface area contributed by atoms with Crippen LogP contribution in [0.2, 0.25) is 0 Å². The number of aliphatic hydroxyl groups is 1. The van der Waals surface area contributed by atoms with Gasteiger partial charge in [-0.15, -0.1) is 0 Å². The highest BCUT2D eigenvalue weighted by Crippen LogP contribution is 2.20.